The third-order valence-electron chi connectivity index (χ3n) is 1.18. The van der Waals surface area contributed by atoms with Gasteiger partial charge in [0.2, 0.25) is 0 Å². The number of carboxylic acid groups (broad SMARTS) is 1. The van der Waals surface area contributed by atoms with Gasteiger partial charge in [0.05, 0.1) is 6.04 Å². The van der Waals surface area contributed by atoms with Gasteiger partial charge in [0.25, 0.3) is 0 Å². The number of imide groups is 1. The van der Waals surface area contributed by atoms with Crippen LogP contribution in [0, 0.1) is 0 Å². The van der Waals surface area contributed by atoms with E-state index < -0.39 is 23.9 Å². The summed E-state index contributed by atoms with van der Waals surface area (Å²) in [6.45, 7) is 0. The standard InChI is InChI=1S/C5H6N2O4.2H2N.Pt/c8-3-1-2(4(9)10)6-5(11)7-3;;;/h2H,1H2,(H3,6,7,8,9,10,11);2*1H2;/q;2*-1;/p-1. The van der Waals surface area contributed by atoms with Crippen molar-refractivity contribution in [2.45, 2.75) is 12.5 Å². The molecule has 8 nitrogen and oxygen atoms in total. The van der Waals surface area contributed by atoms with Crippen LogP contribution in [0.2, 0.25) is 0 Å². The van der Waals surface area contributed by atoms with Gasteiger partial charge >= 0.3 is 5.97 Å². The molecule has 1 rings (SSSR count). The van der Waals surface area contributed by atoms with Crippen molar-refractivity contribution in [1.29, 1.82) is 0 Å². The van der Waals surface area contributed by atoms with Gasteiger partial charge in [0, 0.05) is 27.5 Å². The van der Waals surface area contributed by atoms with Crippen LogP contribution < -0.4 is 5.32 Å². The Hall–Kier alpha value is -0.982. The number of carbonyl (C=O) groups excluding carboxylic acids is 2. The van der Waals surface area contributed by atoms with Crippen LogP contribution in [0.1, 0.15) is 6.42 Å². The molecule has 1 aliphatic rings. The van der Waals surface area contributed by atoms with Crippen LogP contribution in [0.4, 0.5) is 4.79 Å². The number of hydrogen-bond acceptors (Lipinski definition) is 3. The van der Waals surface area contributed by atoms with Gasteiger partial charge in [-0.15, -0.1) is 0 Å². The summed E-state index contributed by atoms with van der Waals surface area (Å²) in [6, 6.07) is -2.09. The molecule has 86 valence electrons. The van der Waals surface area contributed by atoms with Gasteiger partial charge in [-0.25, -0.2) is 0 Å². The summed E-state index contributed by atoms with van der Waals surface area (Å²) in [6.07, 6.45) is -0.263. The van der Waals surface area contributed by atoms with Crippen molar-refractivity contribution >= 4 is 17.9 Å². The van der Waals surface area contributed by atoms with Gasteiger partial charge < -0.3 is 28.0 Å². The van der Waals surface area contributed by atoms with Crippen molar-refractivity contribution in [2.75, 3.05) is 0 Å². The molecule has 1 aliphatic heterocycles. The summed E-state index contributed by atoms with van der Waals surface area (Å²) in [5, 5.41) is 13.4. The number of carbonyl (C=O) groups is 3. The van der Waals surface area contributed by atoms with Crippen molar-refractivity contribution < 1.29 is 40.6 Å². The monoisotopic (exact) mass is 384 g/mol. The second-order valence-electron chi connectivity index (χ2n) is 2.04. The zero-order valence-corrected chi connectivity index (χ0v) is 9.15. The number of rotatable bonds is 1. The Balaban J connectivity index is -0.000000403. The summed E-state index contributed by atoms with van der Waals surface area (Å²) in [5.41, 5.74) is 0. The van der Waals surface area contributed by atoms with Crippen molar-refractivity contribution in [3.8, 4) is 0 Å². The van der Waals surface area contributed by atoms with E-state index in [2.05, 4.69) is 5.32 Å². The molecule has 14 heavy (non-hydrogen) atoms. The molecule has 0 aliphatic carbocycles. The summed E-state index contributed by atoms with van der Waals surface area (Å²) in [4.78, 5) is 31.2. The molecule has 1 heterocycles. The largest absolute Gasteiger partial charge is 0.693 e. The summed E-state index contributed by atoms with van der Waals surface area (Å²) >= 11 is 0. The Bertz CT molecular complexity index is 218. The van der Waals surface area contributed by atoms with Crippen LogP contribution in [0.3, 0.4) is 0 Å². The smallest absolute Gasteiger partial charge is 0.306 e. The van der Waals surface area contributed by atoms with E-state index in [4.69, 9.17) is 5.11 Å². The van der Waals surface area contributed by atoms with Crippen LogP contribution in [0.25, 0.3) is 17.6 Å². The van der Waals surface area contributed by atoms with Gasteiger partial charge in [0.1, 0.15) is 5.91 Å². The van der Waals surface area contributed by atoms with E-state index in [1.54, 1.807) is 0 Å². The first kappa shape index (κ1) is 18.7. The Morgan fingerprint density at radius 2 is 1.93 bits per heavy atom. The Kier molecular flexibility index (Phi) is 9.94. The maximum atomic E-state index is 10.5. The molecule has 1 atom stereocenters. The van der Waals surface area contributed by atoms with Crippen LogP contribution in [0.15, 0.2) is 0 Å². The number of hydrogen-bond donors (Lipinski definition) is 2. The summed E-state index contributed by atoms with van der Waals surface area (Å²) in [7, 11) is 0. The molecule has 0 radical (unpaired) electrons. The van der Waals surface area contributed by atoms with Crippen molar-refractivity contribution in [3.05, 3.63) is 17.6 Å². The van der Waals surface area contributed by atoms with Gasteiger partial charge in [-0.05, 0) is 0 Å². The predicted molar refractivity (Wildman–Crippen MR) is 43.5 cm³/mol. The molecule has 0 saturated carbocycles. The van der Waals surface area contributed by atoms with Gasteiger partial charge in [-0.2, -0.15) is 0 Å². The minimum absolute atomic E-state index is 0. The predicted octanol–water partition coefficient (Wildman–Crippen LogP) is 0.885. The SMILES string of the molecule is O=C1CC(C(=O)O)[N-]C(=O)N1.[NH2-].[NH2-].[Pt]. The molecule has 3 amide bonds. The van der Waals surface area contributed by atoms with E-state index in [0.717, 1.165) is 0 Å². The van der Waals surface area contributed by atoms with Crippen LogP contribution >= 0.6 is 0 Å². The van der Waals surface area contributed by atoms with E-state index in [-0.39, 0.29) is 39.8 Å². The number of aliphatic carboxylic acids is 1. The molecule has 0 bridgehead atoms. The molecule has 1 saturated heterocycles. The zero-order chi connectivity index (χ0) is 8.43. The molecular formula is C5H9N4O4Pt-3. The average Bonchev–Trinajstić information content (AvgIpc) is 1.85. The first-order chi connectivity index (χ1) is 5.09. The van der Waals surface area contributed by atoms with E-state index in [1.807, 2.05) is 5.32 Å². The second kappa shape index (κ2) is 7.42. The molecule has 6 N–H and O–H groups in total. The fourth-order valence-corrected chi connectivity index (χ4v) is 0.708. The molecule has 9 heteroatoms. The van der Waals surface area contributed by atoms with Gasteiger partial charge in [-0.1, -0.05) is 0 Å². The number of nitrogens with one attached hydrogen (secondary N) is 1. The number of nitrogens with two attached hydrogens (primary N) is 2. The first-order valence-corrected chi connectivity index (χ1v) is 2.87. The van der Waals surface area contributed by atoms with Crippen molar-refractivity contribution in [3.63, 3.8) is 0 Å². The molecule has 1 fully saturated rings. The fraction of sp³-hybridized carbons (Fsp3) is 0.400. The van der Waals surface area contributed by atoms with Crippen molar-refractivity contribution in [2.24, 2.45) is 0 Å². The minimum Gasteiger partial charge on any atom is -0.693 e. The van der Waals surface area contributed by atoms with Crippen LogP contribution in [-0.2, 0) is 30.7 Å². The van der Waals surface area contributed by atoms with Crippen molar-refractivity contribution in [1.82, 2.24) is 5.32 Å². The number of carboxylic acids is 1. The van der Waals surface area contributed by atoms with E-state index in [9.17, 15) is 14.4 Å². The zero-order valence-electron chi connectivity index (χ0n) is 6.87. The second-order valence-corrected chi connectivity index (χ2v) is 2.04. The topological polar surface area (TPSA) is 165 Å². The van der Waals surface area contributed by atoms with E-state index >= 15 is 0 Å². The average molecular weight is 384 g/mol. The third kappa shape index (κ3) is 4.90. The van der Waals surface area contributed by atoms with Gasteiger partial charge in [0.15, 0.2) is 6.03 Å². The number of urea groups is 1. The summed E-state index contributed by atoms with van der Waals surface area (Å²) in [5.74, 6) is -1.86. The molecule has 0 aromatic rings. The summed E-state index contributed by atoms with van der Waals surface area (Å²) < 4.78 is 0. The minimum atomic E-state index is -1.26. The number of amides is 3. The number of nitrogens with zero attached hydrogens (tertiary/aromatic N) is 1. The van der Waals surface area contributed by atoms with Gasteiger partial charge in [-0.3, -0.25) is 14.4 Å². The van der Waals surface area contributed by atoms with E-state index in [0.29, 0.717) is 0 Å². The Morgan fingerprint density at radius 3 is 2.29 bits per heavy atom. The Labute approximate surface area is 94.2 Å². The third-order valence-corrected chi connectivity index (χ3v) is 1.18. The first-order valence-electron chi connectivity index (χ1n) is 2.87. The van der Waals surface area contributed by atoms with E-state index in [1.165, 1.54) is 0 Å². The maximum absolute atomic E-state index is 10.5. The molecule has 0 aromatic heterocycles. The molecular weight excluding hydrogens is 375 g/mol. The van der Waals surface area contributed by atoms with Crippen LogP contribution in [-0.4, -0.2) is 29.1 Å². The maximum Gasteiger partial charge on any atom is 0.306 e. The molecule has 0 spiro atoms. The van der Waals surface area contributed by atoms with Crippen LogP contribution in [0.5, 0.6) is 0 Å². The Morgan fingerprint density at radius 1 is 1.43 bits per heavy atom. The fourth-order valence-electron chi connectivity index (χ4n) is 0.708. The molecule has 0 aromatic carbocycles. The molecule has 1 unspecified atom stereocenters. The quantitative estimate of drug-likeness (QED) is 0.686. The normalized spacial score (nSPS) is 18.7.